The van der Waals surface area contributed by atoms with Crippen LogP contribution in [0.3, 0.4) is 0 Å². The molecule has 1 spiro atoms. The minimum Gasteiger partial charge on any atom is -0.396 e. The Morgan fingerprint density at radius 2 is 1.97 bits per heavy atom. The van der Waals surface area contributed by atoms with Gasteiger partial charge in [-0.25, -0.2) is 0 Å². The van der Waals surface area contributed by atoms with E-state index in [2.05, 4.69) is 5.10 Å². The molecule has 182 valence electrons. The number of benzene rings is 1. The summed E-state index contributed by atoms with van der Waals surface area (Å²) in [7, 11) is 0. The highest BCUT2D eigenvalue weighted by Gasteiger charge is 2.48. The number of carbonyl (C=O) groups is 1. The van der Waals surface area contributed by atoms with Gasteiger partial charge in [0, 0.05) is 50.1 Å². The van der Waals surface area contributed by atoms with Crippen LogP contribution in [0.1, 0.15) is 35.4 Å². The van der Waals surface area contributed by atoms with Crippen molar-refractivity contribution in [3.05, 3.63) is 46.8 Å². The lowest BCUT2D eigenvalue weighted by Crippen LogP contribution is -2.48. The van der Waals surface area contributed by atoms with E-state index in [0.29, 0.717) is 44.7 Å². The van der Waals surface area contributed by atoms with E-state index >= 15 is 0 Å². The van der Waals surface area contributed by atoms with Gasteiger partial charge in [0.15, 0.2) is 0 Å². The van der Waals surface area contributed by atoms with E-state index < -0.39 is 17.3 Å². The van der Waals surface area contributed by atoms with E-state index in [1.807, 2.05) is 29.7 Å². The van der Waals surface area contributed by atoms with Crippen molar-refractivity contribution in [2.24, 2.45) is 11.3 Å². The van der Waals surface area contributed by atoms with E-state index in [1.54, 1.807) is 10.8 Å². The number of nitriles is 1. The summed E-state index contributed by atoms with van der Waals surface area (Å²) in [6.07, 6.45) is -3.29. The first-order valence-corrected chi connectivity index (χ1v) is 11.3. The zero-order valence-electron chi connectivity index (χ0n) is 19.3. The molecule has 0 bridgehead atoms. The lowest BCUT2D eigenvalue weighted by molar-refractivity contribution is -0.138. The van der Waals surface area contributed by atoms with Gasteiger partial charge in [0.1, 0.15) is 6.54 Å². The Morgan fingerprint density at radius 3 is 2.53 bits per heavy atom. The molecule has 1 aromatic carbocycles. The van der Waals surface area contributed by atoms with Crippen molar-refractivity contribution >= 4 is 11.6 Å². The highest BCUT2D eigenvalue weighted by Crippen LogP contribution is 2.46. The van der Waals surface area contributed by atoms with Crippen LogP contribution in [-0.2, 0) is 17.5 Å². The molecule has 1 atom stereocenters. The van der Waals surface area contributed by atoms with Gasteiger partial charge in [-0.15, -0.1) is 0 Å². The highest BCUT2D eigenvalue weighted by atomic mass is 19.4. The molecule has 0 saturated carbocycles. The molecule has 2 aliphatic heterocycles. The van der Waals surface area contributed by atoms with Crippen molar-refractivity contribution < 1.29 is 23.1 Å². The predicted molar refractivity (Wildman–Crippen MR) is 119 cm³/mol. The molecule has 0 radical (unpaired) electrons. The summed E-state index contributed by atoms with van der Waals surface area (Å²) in [5, 5.41) is 23.5. The van der Waals surface area contributed by atoms with Gasteiger partial charge in [-0.05, 0) is 56.4 Å². The smallest absolute Gasteiger partial charge is 0.396 e. The van der Waals surface area contributed by atoms with E-state index in [0.717, 1.165) is 17.5 Å². The summed E-state index contributed by atoms with van der Waals surface area (Å²) in [6, 6.07) is 7.30. The fourth-order valence-electron chi connectivity index (χ4n) is 5.37. The van der Waals surface area contributed by atoms with Crippen molar-refractivity contribution in [2.45, 2.75) is 39.4 Å². The monoisotopic (exact) mass is 475 g/mol. The summed E-state index contributed by atoms with van der Waals surface area (Å²) in [4.78, 5) is 16.5. The first-order valence-electron chi connectivity index (χ1n) is 11.3. The van der Waals surface area contributed by atoms with E-state index in [-0.39, 0.29) is 30.4 Å². The zero-order valence-corrected chi connectivity index (χ0v) is 19.3. The molecule has 2 saturated heterocycles. The van der Waals surface area contributed by atoms with Crippen LogP contribution in [0.15, 0.2) is 24.3 Å². The summed E-state index contributed by atoms with van der Waals surface area (Å²) < 4.78 is 42.0. The molecule has 3 heterocycles. The van der Waals surface area contributed by atoms with Crippen molar-refractivity contribution in [1.82, 2.24) is 14.7 Å². The first kappa shape index (κ1) is 24.1. The summed E-state index contributed by atoms with van der Waals surface area (Å²) in [5.41, 5.74) is 0.542. The van der Waals surface area contributed by atoms with Crippen molar-refractivity contribution in [3.8, 4) is 6.07 Å². The van der Waals surface area contributed by atoms with Crippen LogP contribution in [0.4, 0.5) is 18.9 Å². The number of anilines is 1. The molecular weight excluding hydrogens is 447 g/mol. The van der Waals surface area contributed by atoms with Crippen LogP contribution in [0.25, 0.3) is 0 Å². The number of piperidine rings is 1. The number of hydrogen-bond acceptors (Lipinski definition) is 5. The molecule has 2 aliphatic rings. The molecular formula is C24H28F3N5O2. The third-order valence-corrected chi connectivity index (χ3v) is 7.33. The number of nitrogens with zero attached hydrogens (tertiary/aromatic N) is 5. The fraction of sp³-hybridized carbons (Fsp3) is 0.542. The van der Waals surface area contributed by atoms with Gasteiger partial charge in [-0.2, -0.15) is 23.5 Å². The minimum absolute atomic E-state index is 0.0154. The number of aliphatic hydroxyl groups is 1. The normalized spacial score (nSPS) is 20.1. The standard InChI is InChI=1S/C24H28F3N5O2/c1-16-9-17(2)32(29-16)13-22(34)30-7-5-23(6-8-30)15-31(12-19(23)14-33)20-4-3-18(11-28)21(10-20)24(25,26)27/h3-4,9-10,19,33H,5-8,12-15H2,1-2H3. The molecule has 4 rings (SSSR count). The number of hydrogen-bond donors (Lipinski definition) is 1. The van der Waals surface area contributed by atoms with Crippen LogP contribution in [0, 0.1) is 36.5 Å². The molecule has 1 unspecified atom stereocenters. The third kappa shape index (κ3) is 4.49. The van der Waals surface area contributed by atoms with Crippen LogP contribution in [-0.4, -0.2) is 58.5 Å². The summed E-state index contributed by atoms with van der Waals surface area (Å²) in [5.74, 6) is -0.121. The van der Waals surface area contributed by atoms with Crippen molar-refractivity contribution in [1.29, 1.82) is 5.26 Å². The Labute approximate surface area is 196 Å². The second-order valence-corrected chi connectivity index (χ2v) is 9.43. The quantitative estimate of drug-likeness (QED) is 0.735. The number of halogens is 3. The second-order valence-electron chi connectivity index (χ2n) is 9.43. The molecule has 1 amide bonds. The average Bonchev–Trinajstić information content (AvgIpc) is 3.31. The van der Waals surface area contributed by atoms with Gasteiger partial charge >= 0.3 is 6.18 Å². The van der Waals surface area contributed by atoms with E-state index in [1.165, 1.54) is 12.1 Å². The SMILES string of the molecule is Cc1cc(C)n(CC(=O)N2CCC3(CC2)CN(c2ccc(C#N)c(C(F)(F)F)c2)CC3CO)n1. The number of aliphatic hydroxyl groups excluding tert-OH is 1. The summed E-state index contributed by atoms with van der Waals surface area (Å²) >= 11 is 0. The topological polar surface area (TPSA) is 85.4 Å². The van der Waals surface area contributed by atoms with Crippen LogP contribution < -0.4 is 4.90 Å². The number of carbonyl (C=O) groups excluding carboxylic acids is 1. The highest BCUT2D eigenvalue weighted by molar-refractivity contribution is 5.76. The number of aryl methyl sites for hydroxylation is 2. The maximum atomic E-state index is 13.4. The van der Waals surface area contributed by atoms with E-state index in [9.17, 15) is 23.1 Å². The molecule has 2 aromatic rings. The third-order valence-electron chi connectivity index (χ3n) is 7.33. The molecule has 34 heavy (non-hydrogen) atoms. The first-order chi connectivity index (χ1) is 16.1. The lowest BCUT2D eigenvalue weighted by Gasteiger charge is -2.42. The molecule has 7 nitrogen and oxygen atoms in total. The largest absolute Gasteiger partial charge is 0.417 e. The molecule has 0 aliphatic carbocycles. The van der Waals surface area contributed by atoms with Gasteiger partial charge < -0.3 is 14.9 Å². The van der Waals surface area contributed by atoms with Crippen molar-refractivity contribution in [2.75, 3.05) is 37.7 Å². The Balaban J connectivity index is 1.47. The predicted octanol–water partition coefficient (Wildman–Crippen LogP) is 3.13. The number of amides is 1. The van der Waals surface area contributed by atoms with Crippen LogP contribution in [0.2, 0.25) is 0 Å². The minimum atomic E-state index is -4.62. The molecule has 1 N–H and O–H groups in total. The fourth-order valence-corrected chi connectivity index (χ4v) is 5.37. The van der Waals surface area contributed by atoms with E-state index in [4.69, 9.17) is 5.26 Å². The number of rotatable bonds is 4. The number of aromatic nitrogens is 2. The molecule has 10 heteroatoms. The number of likely N-dealkylation sites (tertiary alicyclic amines) is 1. The average molecular weight is 476 g/mol. The Morgan fingerprint density at radius 1 is 1.26 bits per heavy atom. The lowest BCUT2D eigenvalue weighted by atomic mass is 9.71. The Kier molecular flexibility index (Phi) is 6.34. The van der Waals surface area contributed by atoms with Crippen molar-refractivity contribution in [3.63, 3.8) is 0 Å². The molecule has 2 fully saturated rings. The van der Waals surface area contributed by atoms with Gasteiger partial charge in [0.25, 0.3) is 0 Å². The number of alkyl halides is 3. The summed E-state index contributed by atoms with van der Waals surface area (Å²) in [6.45, 7) is 5.88. The zero-order chi connectivity index (χ0) is 24.7. The van der Waals surface area contributed by atoms with Gasteiger partial charge in [-0.1, -0.05) is 0 Å². The van der Waals surface area contributed by atoms with Gasteiger partial charge in [0.2, 0.25) is 5.91 Å². The maximum Gasteiger partial charge on any atom is 0.417 e. The van der Waals surface area contributed by atoms with Crippen LogP contribution in [0.5, 0.6) is 0 Å². The molecule has 1 aromatic heterocycles. The maximum absolute atomic E-state index is 13.4. The Bertz CT molecular complexity index is 1110. The second kappa shape index (κ2) is 8.95. The van der Waals surface area contributed by atoms with Gasteiger partial charge in [-0.3, -0.25) is 9.48 Å². The van der Waals surface area contributed by atoms with Gasteiger partial charge in [0.05, 0.1) is 22.9 Å². The van der Waals surface area contributed by atoms with Crippen LogP contribution >= 0.6 is 0 Å². The Hall–Kier alpha value is -3.06.